The van der Waals surface area contributed by atoms with Gasteiger partial charge in [-0.3, -0.25) is 4.79 Å². The first kappa shape index (κ1) is 22.8. The predicted molar refractivity (Wildman–Crippen MR) is 125 cm³/mol. The Hall–Kier alpha value is -2.92. The van der Waals surface area contributed by atoms with Gasteiger partial charge in [0.2, 0.25) is 11.8 Å². The molecule has 1 N–H and O–H groups in total. The minimum absolute atomic E-state index is 0.0918. The van der Waals surface area contributed by atoms with Crippen molar-refractivity contribution in [2.45, 2.75) is 39.5 Å². The lowest BCUT2D eigenvalue weighted by Gasteiger charge is -2.12. The number of benzene rings is 2. The second kappa shape index (κ2) is 11.5. The summed E-state index contributed by atoms with van der Waals surface area (Å²) in [5.41, 5.74) is 4.63. The lowest BCUT2D eigenvalue weighted by Crippen LogP contribution is -2.25. The van der Waals surface area contributed by atoms with Gasteiger partial charge in [0.25, 0.3) is 0 Å². The van der Waals surface area contributed by atoms with Gasteiger partial charge in [-0.15, -0.1) is 0 Å². The van der Waals surface area contributed by atoms with Crippen LogP contribution in [-0.4, -0.2) is 29.0 Å². The Bertz CT molecular complexity index is 989. The van der Waals surface area contributed by atoms with E-state index in [4.69, 9.17) is 21.3 Å². The number of unbranched alkanes of at least 4 members (excludes halogenated alkanes) is 1. The van der Waals surface area contributed by atoms with Crippen LogP contribution in [0.5, 0.6) is 5.88 Å². The summed E-state index contributed by atoms with van der Waals surface area (Å²) in [6.45, 7) is 5.16. The lowest BCUT2D eigenvalue weighted by atomic mass is 10.0. The van der Waals surface area contributed by atoms with E-state index in [0.29, 0.717) is 36.9 Å². The maximum Gasteiger partial charge on any atom is 0.232 e. The zero-order valence-corrected chi connectivity index (χ0v) is 18.8. The summed E-state index contributed by atoms with van der Waals surface area (Å²) in [4.78, 5) is 21.0. The monoisotopic (exact) mass is 437 g/mol. The summed E-state index contributed by atoms with van der Waals surface area (Å²) in [5, 5.41) is 3.58. The first-order valence-electron chi connectivity index (χ1n) is 10.7. The molecule has 0 aliphatic rings. The molecule has 162 valence electrons. The number of aromatic nitrogens is 2. The molecule has 0 aliphatic heterocycles. The number of aryl methyl sites for hydroxylation is 1. The van der Waals surface area contributed by atoms with Gasteiger partial charge < -0.3 is 10.1 Å². The van der Waals surface area contributed by atoms with Crippen molar-refractivity contribution >= 4 is 17.5 Å². The Morgan fingerprint density at radius 2 is 1.68 bits per heavy atom. The third kappa shape index (κ3) is 6.79. The third-order valence-electron chi connectivity index (χ3n) is 4.84. The Kier molecular flexibility index (Phi) is 8.42. The number of rotatable bonds is 10. The number of nitrogens with zero attached hydrogens (tertiary/aromatic N) is 2. The van der Waals surface area contributed by atoms with Crippen molar-refractivity contribution < 1.29 is 9.53 Å². The van der Waals surface area contributed by atoms with E-state index in [9.17, 15) is 4.79 Å². The van der Waals surface area contributed by atoms with Crippen LogP contribution < -0.4 is 10.1 Å². The Labute approximate surface area is 188 Å². The van der Waals surface area contributed by atoms with Crippen LogP contribution in [0.4, 0.5) is 0 Å². The zero-order chi connectivity index (χ0) is 22.1. The molecule has 0 aliphatic carbocycles. The average molecular weight is 438 g/mol. The smallest absolute Gasteiger partial charge is 0.232 e. The molecule has 0 fully saturated rings. The molecule has 0 spiro atoms. The van der Waals surface area contributed by atoms with Gasteiger partial charge in [-0.25, -0.2) is 9.97 Å². The molecule has 1 aromatic heterocycles. The summed E-state index contributed by atoms with van der Waals surface area (Å²) in [5.74, 6) is 0.548. The van der Waals surface area contributed by atoms with Crippen molar-refractivity contribution in [3.8, 4) is 28.4 Å². The number of carbonyl (C=O) groups is 1. The van der Waals surface area contributed by atoms with Crippen LogP contribution in [0.3, 0.4) is 0 Å². The van der Waals surface area contributed by atoms with Crippen molar-refractivity contribution in [1.29, 1.82) is 0 Å². The summed E-state index contributed by atoms with van der Waals surface area (Å²) in [6, 6.07) is 15.7. The highest BCUT2D eigenvalue weighted by atomic mass is 35.5. The molecule has 31 heavy (non-hydrogen) atoms. The van der Waals surface area contributed by atoms with Crippen molar-refractivity contribution in [1.82, 2.24) is 15.3 Å². The van der Waals surface area contributed by atoms with Gasteiger partial charge in [-0.1, -0.05) is 66.9 Å². The molecule has 2 aromatic carbocycles. The molecular weight excluding hydrogens is 410 g/mol. The Morgan fingerprint density at radius 1 is 1.00 bits per heavy atom. The minimum atomic E-state index is 0.0918. The first-order valence-corrected chi connectivity index (χ1v) is 11.0. The normalized spacial score (nSPS) is 10.7. The molecule has 1 heterocycles. The van der Waals surface area contributed by atoms with Crippen molar-refractivity contribution in [3.05, 3.63) is 65.3 Å². The predicted octanol–water partition coefficient (Wildman–Crippen LogP) is 5.85. The maximum atomic E-state index is 11.7. The number of halogens is 1. The third-order valence-corrected chi connectivity index (χ3v) is 5.10. The second-order valence-corrected chi connectivity index (χ2v) is 7.87. The Morgan fingerprint density at radius 3 is 2.39 bits per heavy atom. The quantitative estimate of drug-likeness (QED) is 0.404. The molecule has 5 nitrogen and oxygen atoms in total. The Balaban J connectivity index is 1.71. The molecule has 0 saturated heterocycles. The minimum Gasteiger partial charge on any atom is -0.476 e. The highest BCUT2D eigenvalue weighted by Crippen LogP contribution is 2.31. The van der Waals surface area contributed by atoms with Gasteiger partial charge >= 0.3 is 0 Å². The van der Waals surface area contributed by atoms with Gasteiger partial charge in [0.05, 0.1) is 18.5 Å². The first-order chi connectivity index (χ1) is 15.1. The van der Waals surface area contributed by atoms with E-state index in [1.165, 1.54) is 5.56 Å². The molecule has 0 unspecified atom stereocenters. The van der Waals surface area contributed by atoms with E-state index in [-0.39, 0.29) is 5.91 Å². The lowest BCUT2D eigenvalue weighted by molar-refractivity contribution is -0.121. The van der Waals surface area contributed by atoms with Crippen LogP contribution in [0, 0.1) is 6.92 Å². The SMILES string of the molecule is CCCCC(=O)NCCCOc1cnc(-c2ccc(C)cc2)c(-c2ccc(Cl)cc2)n1. The maximum absolute atomic E-state index is 11.7. The van der Waals surface area contributed by atoms with Crippen molar-refractivity contribution in [2.75, 3.05) is 13.2 Å². The zero-order valence-electron chi connectivity index (χ0n) is 18.0. The van der Waals surface area contributed by atoms with Crippen molar-refractivity contribution in [2.24, 2.45) is 0 Å². The van der Waals surface area contributed by atoms with Crippen LogP contribution in [0.2, 0.25) is 5.02 Å². The molecule has 0 saturated carbocycles. The van der Waals surface area contributed by atoms with Gasteiger partial charge in [-0.2, -0.15) is 0 Å². The fourth-order valence-electron chi connectivity index (χ4n) is 3.08. The standard InChI is InChI=1S/C25H28ClN3O2/c1-3-4-6-22(30)27-15-5-16-31-23-17-28-24(19-9-7-18(2)8-10-19)25(29-23)20-11-13-21(26)14-12-20/h7-14,17H,3-6,15-16H2,1-2H3,(H,27,30). The summed E-state index contributed by atoms with van der Waals surface area (Å²) < 4.78 is 5.81. The van der Waals surface area contributed by atoms with Gasteiger partial charge in [0, 0.05) is 29.1 Å². The number of ether oxygens (including phenoxy) is 1. The van der Waals surface area contributed by atoms with Gasteiger partial charge in [0.1, 0.15) is 5.69 Å². The molecule has 0 radical (unpaired) electrons. The molecule has 0 atom stereocenters. The van der Waals surface area contributed by atoms with Crippen molar-refractivity contribution in [3.63, 3.8) is 0 Å². The van der Waals surface area contributed by atoms with E-state index in [1.807, 2.05) is 36.4 Å². The number of carbonyl (C=O) groups excluding carboxylic acids is 1. The summed E-state index contributed by atoms with van der Waals surface area (Å²) in [6.07, 6.45) is 4.86. The number of nitrogens with one attached hydrogen (secondary N) is 1. The topological polar surface area (TPSA) is 64.1 Å². The van der Waals surface area contributed by atoms with E-state index in [1.54, 1.807) is 6.20 Å². The van der Waals surface area contributed by atoms with E-state index < -0.39 is 0 Å². The van der Waals surface area contributed by atoms with Crippen LogP contribution >= 0.6 is 11.6 Å². The highest BCUT2D eigenvalue weighted by molar-refractivity contribution is 6.30. The molecule has 3 rings (SSSR count). The number of hydrogen-bond donors (Lipinski definition) is 1. The largest absolute Gasteiger partial charge is 0.476 e. The molecule has 3 aromatic rings. The van der Waals surface area contributed by atoms with Crippen LogP contribution in [0.25, 0.3) is 22.5 Å². The molecule has 6 heteroatoms. The summed E-state index contributed by atoms with van der Waals surface area (Å²) in [7, 11) is 0. The molecule has 1 amide bonds. The van der Waals surface area contributed by atoms with E-state index in [2.05, 4.69) is 36.3 Å². The fourth-order valence-corrected chi connectivity index (χ4v) is 3.20. The van der Waals surface area contributed by atoms with Gasteiger partial charge in [0.15, 0.2) is 0 Å². The number of amides is 1. The molecule has 0 bridgehead atoms. The van der Waals surface area contributed by atoms with Crippen LogP contribution in [-0.2, 0) is 4.79 Å². The van der Waals surface area contributed by atoms with Crippen LogP contribution in [0.15, 0.2) is 54.7 Å². The molecular formula is C25H28ClN3O2. The van der Waals surface area contributed by atoms with E-state index >= 15 is 0 Å². The average Bonchev–Trinajstić information content (AvgIpc) is 2.78. The second-order valence-electron chi connectivity index (χ2n) is 7.43. The fraction of sp³-hybridized carbons (Fsp3) is 0.320. The van der Waals surface area contributed by atoms with Crippen LogP contribution in [0.1, 0.15) is 38.2 Å². The van der Waals surface area contributed by atoms with E-state index in [0.717, 1.165) is 35.4 Å². The van der Waals surface area contributed by atoms with Gasteiger partial charge in [-0.05, 0) is 31.9 Å². The summed E-state index contributed by atoms with van der Waals surface area (Å²) >= 11 is 6.06. The number of hydrogen-bond acceptors (Lipinski definition) is 4. The highest BCUT2D eigenvalue weighted by Gasteiger charge is 2.13.